The number of hydrogen-bond acceptors (Lipinski definition) is 2. The number of nitrogens with two attached hydrogens (primary N) is 1. The quantitative estimate of drug-likeness (QED) is 0.854. The summed E-state index contributed by atoms with van der Waals surface area (Å²) in [5.41, 5.74) is 6.09. The van der Waals surface area contributed by atoms with Crippen molar-refractivity contribution in [2.24, 2.45) is 5.73 Å². The molecule has 15 heavy (non-hydrogen) atoms. The van der Waals surface area contributed by atoms with Crippen LogP contribution >= 0.6 is 11.6 Å². The zero-order chi connectivity index (χ0) is 11.4. The maximum atomic E-state index is 11.9. The highest BCUT2D eigenvalue weighted by molar-refractivity contribution is 6.30. The maximum absolute atomic E-state index is 11.9. The van der Waals surface area contributed by atoms with Crippen molar-refractivity contribution in [1.82, 2.24) is 4.90 Å². The van der Waals surface area contributed by atoms with E-state index < -0.39 is 0 Å². The highest BCUT2D eigenvalue weighted by Crippen LogP contribution is 2.13. The first-order valence-electron chi connectivity index (χ1n) is 4.79. The van der Waals surface area contributed by atoms with Gasteiger partial charge in [-0.1, -0.05) is 17.7 Å². The predicted octanol–water partition coefficient (Wildman–Crippen LogP) is 1.76. The molecular weight excluding hydrogens is 212 g/mol. The molecule has 0 spiro atoms. The molecule has 0 aromatic heterocycles. The Hall–Kier alpha value is -1.06. The van der Waals surface area contributed by atoms with E-state index in [1.165, 1.54) is 0 Å². The Morgan fingerprint density at radius 2 is 2.27 bits per heavy atom. The molecule has 1 rings (SSSR count). The zero-order valence-corrected chi connectivity index (χ0v) is 9.66. The maximum Gasteiger partial charge on any atom is 0.253 e. The molecular formula is C11H15ClN2O. The van der Waals surface area contributed by atoms with Crippen LogP contribution in [0.3, 0.4) is 0 Å². The SMILES string of the molecule is CC(CN)N(C)C(=O)c1cccc(Cl)c1. The third kappa shape index (κ3) is 2.94. The number of rotatable bonds is 3. The first-order valence-corrected chi connectivity index (χ1v) is 5.17. The summed E-state index contributed by atoms with van der Waals surface area (Å²) in [5.74, 6) is -0.0598. The molecule has 0 aliphatic carbocycles. The second kappa shape index (κ2) is 5.14. The van der Waals surface area contributed by atoms with Gasteiger partial charge in [0.1, 0.15) is 0 Å². The summed E-state index contributed by atoms with van der Waals surface area (Å²) >= 11 is 5.81. The van der Waals surface area contributed by atoms with Gasteiger partial charge in [-0.25, -0.2) is 0 Å². The van der Waals surface area contributed by atoms with Crippen molar-refractivity contribution in [2.45, 2.75) is 13.0 Å². The third-order valence-corrected chi connectivity index (χ3v) is 2.63. The average Bonchev–Trinajstić information content (AvgIpc) is 2.26. The first-order chi connectivity index (χ1) is 7.06. The fraction of sp³-hybridized carbons (Fsp3) is 0.364. The van der Waals surface area contributed by atoms with Crippen molar-refractivity contribution in [3.05, 3.63) is 34.9 Å². The Kier molecular flexibility index (Phi) is 4.12. The van der Waals surface area contributed by atoms with Gasteiger partial charge in [0, 0.05) is 30.2 Å². The van der Waals surface area contributed by atoms with Crippen molar-refractivity contribution >= 4 is 17.5 Å². The Labute approximate surface area is 94.8 Å². The van der Waals surface area contributed by atoms with E-state index in [1.807, 2.05) is 6.92 Å². The Morgan fingerprint density at radius 3 is 2.80 bits per heavy atom. The second-order valence-corrected chi connectivity index (χ2v) is 3.95. The Morgan fingerprint density at radius 1 is 1.60 bits per heavy atom. The number of halogens is 1. The van der Waals surface area contributed by atoms with E-state index in [4.69, 9.17) is 17.3 Å². The molecule has 1 amide bonds. The van der Waals surface area contributed by atoms with Crippen molar-refractivity contribution in [3.63, 3.8) is 0 Å². The van der Waals surface area contributed by atoms with E-state index in [1.54, 1.807) is 36.2 Å². The van der Waals surface area contributed by atoms with Gasteiger partial charge in [0.05, 0.1) is 0 Å². The number of likely N-dealkylation sites (N-methyl/N-ethyl adjacent to an activating group) is 1. The van der Waals surface area contributed by atoms with Crippen LogP contribution in [0.25, 0.3) is 0 Å². The molecule has 0 aliphatic rings. The van der Waals surface area contributed by atoms with E-state index in [-0.39, 0.29) is 11.9 Å². The van der Waals surface area contributed by atoms with Gasteiger partial charge in [-0.2, -0.15) is 0 Å². The number of amides is 1. The topological polar surface area (TPSA) is 46.3 Å². The zero-order valence-electron chi connectivity index (χ0n) is 8.90. The summed E-state index contributed by atoms with van der Waals surface area (Å²) in [6, 6.07) is 6.93. The molecule has 0 radical (unpaired) electrons. The van der Waals surface area contributed by atoms with Gasteiger partial charge in [-0.15, -0.1) is 0 Å². The molecule has 2 N–H and O–H groups in total. The average molecular weight is 227 g/mol. The molecule has 0 saturated carbocycles. The fourth-order valence-corrected chi connectivity index (χ4v) is 1.37. The predicted molar refractivity (Wildman–Crippen MR) is 62.1 cm³/mol. The number of carbonyl (C=O) groups is 1. The first kappa shape index (κ1) is 12.0. The third-order valence-electron chi connectivity index (χ3n) is 2.39. The van der Waals surface area contributed by atoms with Crippen molar-refractivity contribution in [2.75, 3.05) is 13.6 Å². The highest BCUT2D eigenvalue weighted by atomic mass is 35.5. The van der Waals surface area contributed by atoms with Crippen molar-refractivity contribution < 1.29 is 4.79 Å². The molecule has 0 heterocycles. The number of nitrogens with zero attached hydrogens (tertiary/aromatic N) is 1. The second-order valence-electron chi connectivity index (χ2n) is 3.51. The van der Waals surface area contributed by atoms with E-state index in [0.717, 1.165) is 0 Å². The molecule has 3 nitrogen and oxygen atoms in total. The molecule has 1 unspecified atom stereocenters. The minimum Gasteiger partial charge on any atom is -0.338 e. The van der Waals surface area contributed by atoms with Crippen LogP contribution in [-0.2, 0) is 0 Å². The number of benzene rings is 1. The van der Waals surface area contributed by atoms with Crippen LogP contribution in [-0.4, -0.2) is 30.4 Å². The lowest BCUT2D eigenvalue weighted by Gasteiger charge is -2.23. The number of hydrogen-bond donors (Lipinski definition) is 1. The van der Waals surface area contributed by atoms with E-state index in [2.05, 4.69) is 0 Å². The molecule has 0 saturated heterocycles. The van der Waals surface area contributed by atoms with Gasteiger partial charge in [0.2, 0.25) is 0 Å². The van der Waals surface area contributed by atoms with E-state index in [0.29, 0.717) is 17.1 Å². The van der Waals surface area contributed by atoms with Gasteiger partial charge in [0.25, 0.3) is 5.91 Å². The summed E-state index contributed by atoms with van der Waals surface area (Å²) in [6.07, 6.45) is 0. The van der Waals surface area contributed by atoms with E-state index in [9.17, 15) is 4.79 Å². The van der Waals surface area contributed by atoms with Crippen LogP contribution in [0.1, 0.15) is 17.3 Å². The van der Waals surface area contributed by atoms with Crippen LogP contribution in [0.4, 0.5) is 0 Å². The Balaban J connectivity index is 2.85. The van der Waals surface area contributed by atoms with Gasteiger partial charge in [-0.3, -0.25) is 4.79 Å². The Bertz CT molecular complexity index is 354. The molecule has 0 aliphatic heterocycles. The lowest BCUT2D eigenvalue weighted by atomic mass is 10.2. The minimum absolute atomic E-state index is 0.0245. The molecule has 4 heteroatoms. The largest absolute Gasteiger partial charge is 0.338 e. The van der Waals surface area contributed by atoms with Crippen molar-refractivity contribution in [1.29, 1.82) is 0 Å². The number of carbonyl (C=O) groups excluding carboxylic acids is 1. The molecule has 0 bridgehead atoms. The smallest absolute Gasteiger partial charge is 0.253 e. The van der Waals surface area contributed by atoms with Gasteiger partial charge in [0.15, 0.2) is 0 Å². The highest BCUT2D eigenvalue weighted by Gasteiger charge is 2.16. The summed E-state index contributed by atoms with van der Waals surface area (Å²) in [6.45, 7) is 2.35. The summed E-state index contributed by atoms with van der Waals surface area (Å²) < 4.78 is 0. The monoisotopic (exact) mass is 226 g/mol. The molecule has 0 fully saturated rings. The molecule has 1 aromatic rings. The van der Waals surface area contributed by atoms with Crippen LogP contribution in [0, 0.1) is 0 Å². The summed E-state index contributed by atoms with van der Waals surface area (Å²) in [4.78, 5) is 13.5. The van der Waals surface area contributed by atoms with Crippen molar-refractivity contribution in [3.8, 4) is 0 Å². The van der Waals surface area contributed by atoms with Gasteiger partial charge < -0.3 is 10.6 Å². The van der Waals surface area contributed by atoms with Gasteiger partial charge >= 0.3 is 0 Å². The van der Waals surface area contributed by atoms with Crippen LogP contribution in [0.15, 0.2) is 24.3 Å². The molecule has 1 aromatic carbocycles. The molecule has 1 atom stereocenters. The summed E-state index contributed by atoms with van der Waals surface area (Å²) in [5, 5.41) is 0.564. The van der Waals surface area contributed by atoms with Crippen LogP contribution in [0.5, 0.6) is 0 Å². The summed E-state index contributed by atoms with van der Waals surface area (Å²) in [7, 11) is 1.74. The molecule has 82 valence electrons. The van der Waals surface area contributed by atoms with Gasteiger partial charge in [-0.05, 0) is 25.1 Å². The lowest BCUT2D eigenvalue weighted by Crippen LogP contribution is -2.39. The lowest BCUT2D eigenvalue weighted by molar-refractivity contribution is 0.0748. The normalized spacial score (nSPS) is 12.3. The standard InChI is InChI=1S/C11H15ClN2O/c1-8(7-13)14(2)11(15)9-4-3-5-10(12)6-9/h3-6,8H,7,13H2,1-2H3. The van der Waals surface area contributed by atoms with Crippen LogP contribution < -0.4 is 5.73 Å². The van der Waals surface area contributed by atoms with E-state index >= 15 is 0 Å². The fourth-order valence-electron chi connectivity index (χ4n) is 1.18. The minimum atomic E-state index is -0.0598. The van der Waals surface area contributed by atoms with Crippen LogP contribution in [0.2, 0.25) is 5.02 Å².